The topological polar surface area (TPSA) is 26.0 Å². The molecule has 0 fully saturated rings. The van der Waals surface area contributed by atoms with Crippen LogP contribution < -0.4 is 5.73 Å². The van der Waals surface area contributed by atoms with Gasteiger partial charge < -0.3 is 5.73 Å². The van der Waals surface area contributed by atoms with Crippen molar-refractivity contribution in [2.24, 2.45) is 5.73 Å². The van der Waals surface area contributed by atoms with Crippen molar-refractivity contribution in [2.75, 3.05) is 0 Å². The van der Waals surface area contributed by atoms with E-state index in [0.29, 0.717) is 0 Å². The molecule has 0 saturated carbocycles. The van der Waals surface area contributed by atoms with Crippen LogP contribution in [0.5, 0.6) is 0 Å². The monoisotopic (exact) mass is 345 g/mol. The van der Waals surface area contributed by atoms with Crippen LogP contribution in [-0.4, -0.2) is 33.3 Å². The summed E-state index contributed by atoms with van der Waals surface area (Å²) in [6, 6.07) is 10.6. The molecule has 60 valence electrons. The van der Waals surface area contributed by atoms with Gasteiger partial charge >= 0.3 is 27.3 Å². The SMILES string of the molecule is CC(N)Cc1ccccc1.[PbH2]. The molecule has 1 aromatic rings. The van der Waals surface area contributed by atoms with Gasteiger partial charge in [0.2, 0.25) is 0 Å². The zero-order chi connectivity index (χ0) is 7.40. The van der Waals surface area contributed by atoms with Gasteiger partial charge in [-0.05, 0) is 18.9 Å². The predicted octanol–water partition coefficient (Wildman–Crippen LogP) is 0.660. The third-order valence-electron chi connectivity index (χ3n) is 1.40. The Kier molecular flexibility index (Phi) is 5.77. The average molecular weight is 344 g/mol. The molecule has 0 aliphatic carbocycles. The summed E-state index contributed by atoms with van der Waals surface area (Å²) < 4.78 is 0. The van der Waals surface area contributed by atoms with E-state index in [1.165, 1.54) is 5.56 Å². The maximum absolute atomic E-state index is 5.62. The van der Waals surface area contributed by atoms with E-state index in [9.17, 15) is 0 Å². The van der Waals surface area contributed by atoms with Crippen LogP contribution in [0.3, 0.4) is 0 Å². The van der Waals surface area contributed by atoms with Gasteiger partial charge in [0.05, 0.1) is 0 Å². The molecule has 0 aromatic heterocycles. The van der Waals surface area contributed by atoms with Crippen LogP contribution in [0.15, 0.2) is 30.3 Å². The number of benzene rings is 1. The predicted molar refractivity (Wildman–Crippen MR) is 52.3 cm³/mol. The molecule has 2 radical (unpaired) electrons. The first-order valence-corrected chi connectivity index (χ1v) is 3.58. The van der Waals surface area contributed by atoms with Crippen molar-refractivity contribution in [3.8, 4) is 0 Å². The molecule has 1 unspecified atom stereocenters. The molecule has 2 heteroatoms. The maximum atomic E-state index is 5.62. The van der Waals surface area contributed by atoms with Gasteiger partial charge in [0, 0.05) is 6.04 Å². The number of rotatable bonds is 2. The summed E-state index contributed by atoms with van der Waals surface area (Å²) in [6.45, 7) is 2.02. The molecule has 1 atom stereocenters. The molecule has 0 aliphatic rings. The molecule has 0 aliphatic heterocycles. The summed E-state index contributed by atoms with van der Waals surface area (Å²) >= 11 is 0. The van der Waals surface area contributed by atoms with Gasteiger partial charge in [-0.25, -0.2) is 0 Å². The van der Waals surface area contributed by atoms with Gasteiger partial charge in [0.1, 0.15) is 0 Å². The number of hydrogen-bond acceptors (Lipinski definition) is 1. The Morgan fingerprint density at radius 1 is 1.27 bits per heavy atom. The van der Waals surface area contributed by atoms with Crippen molar-refractivity contribution in [1.82, 2.24) is 0 Å². The standard InChI is InChI=1S/C9H13N.Pb.2H/c1-8(10)7-9-5-3-2-4-6-9;;;/h2-6,8H,7,10H2,1H3;;;. The van der Waals surface area contributed by atoms with Crippen molar-refractivity contribution >= 4 is 27.3 Å². The molecule has 0 heterocycles. The molecule has 2 N–H and O–H groups in total. The van der Waals surface area contributed by atoms with E-state index < -0.39 is 0 Å². The quantitative estimate of drug-likeness (QED) is 0.784. The summed E-state index contributed by atoms with van der Waals surface area (Å²) in [5, 5.41) is 0. The zero-order valence-corrected chi connectivity index (χ0v) is 12.5. The fourth-order valence-corrected chi connectivity index (χ4v) is 0.986. The van der Waals surface area contributed by atoms with E-state index >= 15 is 0 Å². The zero-order valence-electron chi connectivity index (χ0n) is 6.96. The third kappa shape index (κ3) is 4.53. The van der Waals surface area contributed by atoms with E-state index in [4.69, 9.17) is 5.73 Å². The first-order valence-electron chi connectivity index (χ1n) is 3.58. The molecule has 0 bridgehead atoms. The Balaban J connectivity index is 0.000001000. The summed E-state index contributed by atoms with van der Waals surface area (Å²) in [6.07, 6.45) is 0.973. The van der Waals surface area contributed by atoms with Crippen LogP contribution in [0.2, 0.25) is 0 Å². The molecule has 1 aromatic carbocycles. The molecule has 11 heavy (non-hydrogen) atoms. The molecule has 1 nitrogen and oxygen atoms in total. The number of nitrogens with two attached hydrogens (primary N) is 1. The molecule has 1 rings (SSSR count). The molecule has 0 saturated heterocycles. The van der Waals surface area contributed by atoms with E-state index in [0.717, 1.165) is 6.42 Å². The molecular formula is C9H15NPb. The van der Waals surface area contributed by atoms with Gasteiger partial charge in [0.25, 0.3) is 0 Å². The van der Waals surface area contributed by atoms with Crippen LogP contribution in [0.4, 0.5) is 0 Å². The van der Waals surface area contributed by atoms with E-state index in [2.05, 4.69) is 12.1 Å². The van der Waals surface area contributed by atoms with Crippen molar-refractivity contribution in [2.45, 2.75) is 19.4 Å². The molecule has 0 spiro atoms. The van der Waals surface area contributed by atoms with E-state index in [-0.39, 0.29) is 33.3 Å². The van der Waals surface area contributed by atoms with Gasteiger partial charge in [-0.15, -0.1) is 0 Å². The normalized spacial score (nSPS) is 11.8. The minimum atomic E-state index is 0. The van der Waals surface area contributed by atoms with Gasteiger partial charge in [-0.3, -0.25) is 0 Å². The summed E-state index contributed by atoms with van der Waals surface area (Å²) in [4.78, 5) is 0. The fraction of sp³-hybridized carbons (Fsp3) is 0.333. The van der Waals surface area contributed by atoms with Gasteiger partial charge in [0.15, 0.2) is 0 Å². The van der Waals surface area contributed by atoms with Crippen LogP contribution in [-0.2, 0) is 6.42 Å². The first-order chi connectivity index (χ1) is 4.79. The van der Waals surface area contributed by atoms with Crippen molar-refractivity contribution < 1.29 is 0 Å². The molecular weight excluding hydrogens is 329 g/mol. The Morgan fingerprint density at radius 3 is 2.27 bits per heavy atom. The Bertz CT molecular complexity index is 184. The Labute approximate surface area is 88.1 Å². The van der Waals surface area contributed by atoms with Crippen LogP contribution in [0.1, 0.15) is 12.5 Å². The summed E-state index contributed by atoms with van der Waals surface area (Å²) in [5.74, 6) is 0. The Morgan fingerprint density at radius 2 is 1.82 bits per heavy atom. The minimum absolute atomic E-state index is 0. The van der Waals surface area contributed by atoms with Crippen LogP contribution in [0, 0.1) is 0 Å². The summed E-state index contributed by atoms with van der Waals surface area (Å²) in [5.41, 5.74) is 6.94. The second-order valence-corrected chi connectivity index (χ2v) is 2.67. The second-order valence-electron chi connectivity index (χ2n) is 2.67. The van der Waals surface area contributed by atoms with Crippen molar-refractivity contribution in [3.05, 3.63) is 35.9 Å². The number of hydrogen-bond donors (Lipinski definition) is 1. The Hall–Kier alpha value is 0.102. The molecule has 0 amide bonds. The first kappa shape index (κ1) is 11.1. The van der Waals surface area contributed by atoms with Gasteiger partial charge in [-0.2, -0.15) is 0 Å². The van der Waals surface area contributed by atoms with E-state index in [1.807, 2.05) is 25.1 Å². The average Bonchev–Trinajstić information content (AvgIpc) is 1.88. The second kappa shape index (κ2) is 5.71. The third-order valence-corrected chi connectivity index (χ3v) is 1.40. The van der Waals surface area contributed by atoms with Crippen molar-refractivity contribution in [3.63, 3.8) is 0 Å². The van der Waals surface area contributed by atoms with Gasteiger partial charge in [-0.1, -0.05) is 30.3 Å². The fourth-order valence-electron chi connectivity index (χ4n) is 0.986. The summed E-state index contributed by atoms with van der Waals surface area (Å²) in [7, 11) is 0. The van der Waals surface area contributed by atoms with E-state index in [1.54, 1.807) is 0 Å². The van der Waals surface area contributed by atoms with Crippen molar-refractivity contribution in [1.29, 1.82) is 0 Å². The van der Waals surface area contributed by atoms with Crippen LogP contribution in [0.25, 0.3) is 0 Å². The van der Waals surface area contributed by atoms with Crippen LogP contribution >= 0.6 is 0 Å².